The fraction of sp³-hybridized carbons (Fsp3) is 0.606. The molecule has 0 bridgehead atoms. The molecule has 4 aliphatic heterocycles. The number of likely N-dealkylation sites (tertiary alicyclic amines) is 2. The summed E-state index contributed by atoms with van der Waals surface area (Å²) in [6.45, 7) is 8.86. The molecule has 0 aliphatic carbocycles. The van der Waals surface area contributed by atoms with Gasteiger partial charge in [0.1, 0.15) is 6.04 Å². The Kier molecular flexibility index (Phi) is 10.3. The number of nitrogens with two attached hydrogens (primary N) is 1. The molecule has 1 aromatic heterocycles. The van der Waals surface area contributed by atoms with Crippen LogP contribution in [0.5, 0.6) is 0 Å². The number of piperidine rings is 2. The zero-order chi connectivity index (χ0) is 32.4. The summed E-state index contributed by atoms with van der Waals surface area (Å²) < 4.78 is 0. The van der Waals surface area contributed by atoms with E-state index in [4.69, 9.17) is 17.3 Å². The molecule has 0 saturated carbocycles. The van der Waals surface area contributed by atoms with Crippen LogP contribution in [0.4, 0.5) is 21.0 Å². The summed E-state index contributed by atoms with van der Waals surface area (Å²) in [7, 11) is 2.17. The first-order chi connectivity index (χ1) is 22.2. The smallest absolute Gasteiger partial charge is 0.322 e. The van der Waals surface area contributed by atoms with Crippen LogP contribution in [0.25, 0.3) is 0 Å². The third kappa shape index (κ3) is 7.25. The molecule has 0 unspecified atom stereocenters. The molecule has 4 N–H and O–H groups in total. The van der Waals surface area contributed by atoms with E-state index < -0.39 is 6.04 Å². The first-order valence-electron chi connectivity index (χ1n) is 16.7. The van der Waals surface area contributed by atoms with E-state index in [1.165, 1.54) is 0 Å². The molecule has 5 amide bonds. The first kappa shape index (κ1) is 32.9. The van der Waals surface area contributed by atoms with Crippen LogP contribution in [0.2, 0.25) is 5.02 Å². The number of hydrogen-bond donors (Lipinski definition) is 3. The molecular formula is C33H47ClN8O3S. The van der Waals surface area contributed by atoms with Crippen LogP contribution in [-0.2, 0) is 24.2 Å². The Balaban J connectivity index is 1.10. The van der Waals surface area contributed by atoms with Crippen LogP contribution in [0.1, 0.15) is 48.6 Å². The average molecular weight is 671 g/mol. The van der Waals surface area contributed by atoms with E-state index in [1.807, 2.05) is 40.3 Å². The van der Waals surface area contributed by atoms with Crippen LogP contribution >= 0.6 is 22.9 Å². The van der Waals surface area contributed by atoms with Gasteiger partial charge in [-0.05, 0) is 80.9 Å². The van der Waals surface area contributed by atoms with E-state index in [0.717, 1.165) is 67.1 Å². The Hall–Kier alpha value is -3.06. The maximum absolute atomic E-state index is 14.1. The summed E-state index contributed by atoms with van der Waals surface area (Å²) in [5.74, 6) is -0.0611. The van der Waals surface area contributed by atoms with Gasteiger partial charge in [0.25, 0.3) is 0 Å². The highest BCUT2D eigenvalue weighted by Gasteiger charge is 2.36. The van der Waals surface area contributed by atoms with Gasteiger partial charge in [0.2, 0.25) is 5.91 Å². The fourth-order valence-corrected chi connectivity index (χ4v) is 8.46. The third-order valence-electron chi connectivity index (χ3n) is 10.3. The van der Waals surface area contributed by atoms with Crippen LogP contribution in [0, 0.1) is 0 Å². The van der Waals surface area contributed by atoms with E-state index in [9.17, 15) is 14.4 Å². The number of amides is 5. The number of urea groups is 2. The molecular weight excluding hydrogens is 624 g/mol. The quantitative estimate of drug-likeness (QED) is 0.385. The van der Waals surface area contributed by atoms with Crippen molar-refractivity contribution in [3.8, 4) is 0 Å². The molecule has 250 valence electrons. The van der Waals surface area contributed by atoms with Crippen molar-refractivity contribution in [2.75, 3.05) is 70.5 Å². The second kappa shape index (κ2) is 14.4. The molecule has 0 radical (unpaired) electrons. The van der Waals surface area contributed by atoms with E-state index >= 15 is 0 Å². The van der Waals surface area contributed by atoms with Gasteiger partial charge in [-0.25, -0.2) is 9.59 Å². The standard InChI is InChI=1S/C33H47ClN8O3S/c1-3-23-18-22(19-26(34)30(23)35)20-28(31(43)40-15-13-39(14-16-40)24-4-9-38(2)10-5-24)37-32(44)41-11-6-25(7-12-41)42-21-29-27(8-17-46-29)36-33(42)45/h8,17-19,24-25,28H,3-7,9-16,20-21,35H2,1-2H3,(H,36,45)(H,37,44)/t28-/m1/s1. The molecule has 6 rings (SSSR count). The van der Waals surface area contributed by atoms with Gasteiger partial charge in [-0.3, -0.25) is 9.69 Å². The van der Waals surface area contributed by atoms with Gasteiger partial charge >= 0.3 is 12.1 Å². The fourth-order valence-electron chi connectivity index (χ4n) is 7.38. The minimum absolute atomic E-state index is 0.0574. The van der Waals surface area contributed by atoms with E-state index in [-0.39, 0.29) is 24.0 Å². The summed E-state index contributed by atoms with van der Waals surface area (Å²) in [6.07, 6.45) is 4.75. The maximum atomic E-state index is 14.1. The lowest BCUT2D eigenvalue weighted by molar-refractivity contribution is -0.135. The summed E-state index contributed by atoms with van der Waals surface area (Å²) in [6, 6.07) is 5.33. The number of thiophene rings is 1. The number of piperazine rings is 1. The molecule has 13 heteroatoms. The zero-order valence-electron chi connectivity index (χ0n) is 27.0. The maximum Gasteiger partial charge on any atom is 0.322 e. The molecule has 4 aliphatic rings. The predicted octanol–water partition coefficient (Wildman–Crippen LogP) is 3.92. The summed E-state index contributed by atoms with van der Waals surface area (Å²) >= 11 is 8.14. The van der Waals surface area contributed by atoms with Gasteiger partial charge in [0.15, 0.2) is 0 Å². The lowest BCUT2D eigenvalue weighted by atomic mass is 9.99. The minimum atomic E-state index is -0.727. The largest absolute Gasteiger partial charge is 0.397 e. The third-order valence-corrected chi connectivity index (χ3v) is 11.5. The highest BCUT2D eigenvalue weighted by atomic mass is 35.5. The van der Waals surface area contributed by atoms with E-state index in [2.05, 4.69) is 27.5 Å². The Bertz CT molecular complexity index is 1410. The van der Waals surface area contributed by atoms with Gasteiger partial charge in [-0.1, -0.05) is 24.6 Å². The zero-order valence-corrected chi connectivity index (χ0v) is 28.5. The van der Waals surface area contributed by atoms with Crippen LogP contribution in [-0.4, -0.2) is 120 Å². The number of rotatable bonds is 7. The summed E-state index contributed by atoms with van der Waals surface area (Å²) in [4.78, 5) is 52.2. The number of benzene rings is 1. The molecule has 46 heavy (non-hydrogen) atoms. The number of nitrogens with zero attached hydrogens (tertiary/aromatic N) is 5. The number of hydrogen-bond acceptors (Lipinski definition) is 7. The Labute approximate surface area is 281 Å². The second-order valence-electron chi connectivity index (χ2n) is 13.1. The number of anilines is 2. The molecule has 5 heterocycles. The number of carbonyl (C=O) groups excluding carboxylic acids is 3. The molecule has 3 saturated heterocycles. The molecule has 2 aromatic rings. The topological polar surface area (TPSA) is 117 Å². The van der Waals surface area contributed by atoms with E-state index in [0.29, 0.717) is 68.7 Å². The number of carbonyl (C=O) groups is 3. The number of halogens is 1. The van der Waals surface area contributed by atoms with Crippen molar-refractivity contribution in [3.05, 3.63) is 44.6 Å². The van der Waals surface area contributed by atoms with Crippen molar-refractivity contribution >= 4 is 52.3 Å². The van der Waals surface area contributed by atoms with Crippen LogP contribution < -0.4 is 16.4 Å². The van der Waals surface area contributed by atoms with Crippen molar-refractivity contribution < 1.29 is 14.4 Å². The van der Waals surface area contributed by atoms with Gasteiger partial charge in [0, 0.05) is 62.7 Å². The second-order valence-corrected chi connectivity index (χ2v) is 14.5. The van der Waals surface area contributed by atoms with E-state index in [1.54, 1.807) is 16.2 Å². The van der Waals surface area contributed by atoms with Gasteiger partial charge < -0.3 is 36.0 Å². The van der Waals surface area contributed by atoms with Crippen LogP contribution in [0.15, 0.2) is 23.6 Å². The number of aryl methyl sites for hydroxylation is 1. The lowest BCUT2D eigenvalue weighted by Gasteiger charge is -2.43. The Morgan fingerprint density at radius 2 is 1.72 bits per heavy atom. The monoisotopic (exact) mass is 670 g/mol. The number of nitrogen functional groups attached to an aromatic ring is 1. The average Bonchev–Trinajstić information content (AvgIpc) is 3.53. The highest BCUT2D eigenvalue weighted by Crippen LogP contribution is 2.32. The van der Waals surface area contributed by atoms with Gasteiger partial charge in [-0.15, -0.1) is 11.3 Å². The van der Waals surface area contributed by atoms with Gasteiger partial charge in [-0.2, -0.15) is 0 Å². The van der Waals surface area contributed by atoms with Crippen molar-refractivity contribution in [2.24, 2.45) is 0 Å². The Morgan fingerprint density at radius 1 is 1.02 bits per heavy atom. The molecule has 0 spiro atoms. The highest BCUT2D eigenvalue weighted by molar-refractivity contribution is 7.10. The van der Waals surface area contributed by atoms with Crippen molar-refractivity contribution in [1.82, 2.24) is 29.8 Å². The molecule has 1 aromatic carbocycles. The SMILES string of the molecule is CCc1cc(C[C@@H](NC(=O)N2CCC(N3Cc4sccc4NC3=O)CC2)C(=O)N2CCN(C3CCN(C)CC3)CC2)cc(Cl)c1N. The predicted molar refractivity (Wildman–Crippen MR) is 183 cm³/mol. The van der Waals surface area contributed by atoms with Crippen LogP contribution in [0.3, 0.4) is 0 Å². The van der Waals surface area contributed by atoms with Crippen molar-refractivity contribution in [1.29, 1.82) is 0 Å². The molecule has 11 nitrogen and oxygen atoms in total. The van der Waals surface area contributed by atoms with Crippen molar-refractivity contribution in [2.45, 2.75) is 70.1 Å². The first-order valence-corrected chi connectivity index (χ1v) is 17.9. The molecule has 3 fully saturated rings. The summed E-state index contributed by atoms with van der Waals surface area (Å²) in [5, 5.41) is 8.57. The van der Waals surface area contributed by atoms with Gasteiger partial charge in [0.05, 0.1) is 22.9 Å². The summed E-state index contributed by atoms with van der Waals surface area (Å²) in [5.41, 5.74) is 9.47. The molecule has 1 atom stereocenters. The minimum Gasteiger partial charge on any atom is -0.397 e. The number of fused-ring (bicyclic) bond motifs is 1. The lowest BCUT2D eigenvalue weighted by Crippen LogP contribution is -2.59. The normalized spacial score (nSPS) is 21.2. The Morgan fingerprint density at radius 3 is 2.41 bits per heavy atom. The van der Waals surface area contributed by atoms with Crippen molar-refractivity contribution in [3.63, 3.8) is 0 Å². The number of nitrogens with one attached hydrogen (secondary N) is 2.